The second-order valence-electron chi connectivity index (χ2n) is 8.83. The molecule has 3 rings (SSSR count). The van der Waals surface area contributed by atoms with Crippen LogP contribution in [0.1, 0.15) is 83.6 Å². The van der Waals surface area contributed by atoms with Crippen LogP contribution in [0.2, 0.25) is 0 Å². The van der Waals surface area contributed by atoms with Crippen molar-refractivity contribution in [1.29, 1.82) is 0 Å². The van der Waals surface area contributed by atoms with Crippen LogP contribution in [0.5, 0.6) is 5.88 Å². The van der Waals surface area contributed by atoms with E-state index in [2.05, 4.69) is 24.0 Å². The smallest absolute Gasteiger partial charge is 0.233 e. The second-order valence-corrected chi connectivity index (χ2v) is 8.83. The summed E-state index contributed by atoms with van der Waals surface area (Å²) >= 11 is 0. The van der Waals surface area contributed by atoms with Crippen LogP contribution < -0.4 is 4.74 Å². The van der Waals surface area contributed by atoms with Gasteiger partial charge in [-0.1, -0.05) is 77.3 Å². The molecule has 0 aliphatic heterocycles. The Balaban J connectivity index is 1.49. The molecule has 1 aliphatic carbocycles. The third kappa shape index (κ3) is 6.78. The van der Waals surface area contributed by atoms with Crippen LogP contribution in [0.15, 0.2) is 30.3 Å². The van der Waals surface area contributed by atoms with E-state index in [9.17, 15) is 4.39 Å². The van der Waals surface area contributed by atoms with E-state index in [0.29, 0.717) is 18.2 Å². The quantitative estimate of drug-likeness (QED) is 0.361. The lowest BCUT2D eigenvalue weighted by Gasteiger charge is -2.28. The highest BCUT2D eigenvalue weighted by Crippen LogP contribution is 2.34. The van der Waals surface area contributed by atoms with Crippen LogP contribution in [-0.2, 0) is 6.42 Å². The summed E-state index contributed by atoms with van der Waals surface area (Å²) in [5.74, 6) is 2.08. The Morgan fingerprint density at radius 3 is 2.27 bits per heavy atom. The number of halogens is 1. The van der Waals surface area contributed by atoms with E-state index in [-0.39, 0.29) is 5.82 Å². The van der Waals surface area contributed by atoms with Crippen LogP contribution in [0.4, 0.5) is 4.39 Å². The Morgan fingerprint density at radius 1 is 0.900 bits per heavy atom. The highest BCUT2D eigenvalue weighted by molar-refractivity contribution is 5.59. The number of aryl methyl sites for hydroxylation is 1. The molecule has 3 nitrogen and oxygen atoms in total. The fourth-order valence-corrected chi connectivity index (χ4v) is 4.44. The van der Waals surface area contributed by atoms with Gasteiger partial charge in [0.1, 0.15) is 5.82 Å². The number of benzene rings is 1. The summed E-state index contributed by atoms with van der Waals surface area (Å²) in [6.45, 7) is 5.04. The topological polar surface area (TPSA) is 35.0 Å². The Bertz CT molecular complexity index is 754. The average Bonchev–Trinajstić information content (AvgIpc) is 2.78. The molecule has 0 unspecified atom stereocenters. The Morgan fingerprint density at radius 2 is 1.63 bits per heavy atom. The molecule has 2 aromatic rings. The van der Waals surface area contributed by atoms with Gasteiger partial charge in [-0.3, -0.25) is 0 Å². The standard InChI is InChI=1S/C26H37FN2O/c1-3-5-7-20-8-10-21(11-9-20)12-13-22-14-15-23(19-24(22)27)25-16-17-26(29-28-25)30-18-6-4-2/h14-17,19-21H,3-13,18H2,1-2H3/t20-,21-. The van der Waals surface area contributed by atoms with Crippen LogP contribution in [0.25, 0.3) is 11.3 Å². The number of unbranched alkanes of at least 4 members (excludes halogenated alkanes) is 2. The summed E-state index contributed by atoms with van der Waals surface area (Å²) < 4.78 is 20.3. The molecule has 0 spiro atoms. The normalized spacial score (nSPS) is 19.0. The molecule has 30 heavy (non-hydrogen) atoms. The maximum absolute atomic E-state index is 14.7. The zero-order valence-electron chi connectivity index (χ0n) is 18.7. The third-order valence-corrected chi connectivity index (χ3v) is 6.49. The number of hydrogen-bond donors (Lipinski definition) is 0. The molecule has 0 saturated heterocycles. The number of rotatable bonds is 11. The van der Waals surface area contributed by atoms with E-state index in [0.717, 1.165) is 48.6 Å². The monoisotopic (exact) mass is 412 g/mol. The first-order chi connectivity index (χ1) is 14.7. The van der Waals surface area contributed by atoms with Crippen molar-refractivity contribution in [2.75, 3.05) is 6.61 Å². The molecule has 0 amide bonds. The lowest BCUT2D eigenvalue weighted by Crippen LogP contribution is -2.15. The van der Waals surface area contributed by atoms with Crippen LogP contribution >= 0.6 is 0 Å². The molecule has 164 valence electrons. The summed E-state index contributed by atoms with van der Waals surface area (Å²) in [6, 6.07) is 9.13. The van der Waals surface area contributed by atoms with Crippen molar-refractivity contribution in [3.63, 3.8) is 0 Å². The summed E-state index contributed by atoms with van der Waals surface area (Å²) in [7, 11) is 0. The van der Waals surface area contributed by atoms with Crippen molar-refractivity contribution in [1.82, 2.24) is 10.2 Å². The predicted octanol–water partition coefficient (Wildman–Crippen LogP) is 7.39. The van der Waals surface area contributed by atoms with E-state index in [1.54, 1.807) is 12.1 Å². The lowest BCUT2D eigenvalue weighted by molar-refractivity contribution is 0.249. The van der Waals surface area contributed by atoms with Gasteiger partial charge in [0.25, 0.3) is 0 Å². The molecule has 0 atom stereocenters. The van der Waals surface area contributed by atoms with Gasteiger partial charge in [-0.2, -0.15) is 0 Å². The molecule has 1 aliphatic rings. The van der Waals surface area contributed by atoms with Gasteiger partial charge in [-0.15, -0.1) is 10.2 Å². The number of nitrogens with zero attached hydrogens (tertiary/aromatic N) is 2. The zero-order valence-corrected chi connectivity index (χ0v) is 18.7. The van der Waals surface area contributed by atoms with Gasteiger partial charge in [-0.25, -0.2) is 4.39 Å². The van der Waals surface area contributed by atoms with Crippen molar-refractivity contribution in [2.24, 2.45) is 11.8 Å². The van der Waals surface area contributed by atoms with Crippen molar-refractivity contribution in [2.45, 2.75) is 84.5 Å². The second kappa shape index (κ2) is 12.0. The number of ether oxygens (including phenoxy) is 1. The summed E-state index contributed by atoms with van der Waals surface area (Å²) in [5, 5.41) is 8.31. The summed E-state index contributed by atoms with van der Waals surface area (Å²) in [5.41, 5.74) is 2.26. The third-order valence-electron chi connectivity index (χ3n) is 6.49. The Labute approximate surface area is 181 Å². The van der Waals surface area contributed by atoms with Gasteiger partial charge >= 0.3 is 0 Å². The van der Waals surface area contributed by atoms with Gasteiger partial charge in [0.2, 0.25) is 5.88 Å². The Kier molecular flexibility index (Phi) is 9.10. The molecular formula is C26H37FN2O. The Hall–Kier alpha value is -1.97. The molecule has 0 bridgehead atoms. The van der Waals surface area contributed by atoms with Gasteiger partial charge < -0.3 is 4.74 Å². The van der Waals surface area contributed by atoms with Gasteiger partial charge in [-0.05, 0) is 48.8 Å². The maximum atomic E-state index is 14.7. The van der Waals surface area contributed by atoms with Crippen molar-refractivity contribution in [3.8, 4) is 17.1 Å². The SMILES string of the molecule is CCCCOc1ccc(-c2ccc(CC[C@H]3CC[C@H](CCCC)CC3)c(F)c2)nn1. The van der Waals surface area contributed by atoms with Crippen LogP contribution in [0, 0.1) is 17.7 Å². The minimum absolute atomic E-state index is 0.130. The molecule has 1 fully saturated rings. The van der Waals surface area contributed by atoms with Gasteiger partial charge in [0.05, 0.1) is 12.3 Å². The molecule has 1 heterocycles. The summed E-state index contributed by atoms with van der Waals surface area (Å²) in [4.78, 5) is 0. The minimum Gasteiger partial charge on any atom is -0.477 e. The molecule has 0 N–H and O–H groups in total. The van der Waals surface area contributed by atoms with Gasteiger partial charge in [0, 0.05) is 11.6 Å². The van der Waals surface area contributed by atoms with E-state index in [4.69, 9.17) is 4.74 Å². The fraction of sp³-hybridized carbons (Fsp3) is 0.615. The van der Waals surface area contributed by atoms with E-state index in [1.165, 1.54) is 44.9 Å². The van der Waals surface area contributed by atoms with Crippen molar-refractivity contribution >= 4 is 0 Å². The fourth-order valence-electron chi connectivity index (χ4n) is 4.44. The van der Waals surface area contributed by atoms with E-state index >= 15 is 0 Å². The first kappa shape index (κ1) is 22.7. The van der Waals surface area contributed by atoms with E-state index < -0.39 is 0 Å². The molecule has 1 saturated carbocycles. The highest BCUT2D eigenvalue weighted by Gasteiger charge is 2.21. The molecule has 4 heteroatoms. The molecule has 0 radical (unpaired) electrons. The average molecular weight is 413 g/mol. The van der Waals surface area contributed by atoms with Gasteiger partial charge in [0.15, 0.2) is 0 Å². The largest absolute Gasteiger partial charge is 0.477 e. The lowest BCUT2D eigenvalue weighted by atomic mass is 9.78. The first-order valence-corrected chi connectivity index (χ1v) is 11.9. The van der Waals surface area contributed by atoms with E-state index in [1.807, 2.05) is 18.2 Å². The molecular weight excluding hydrogens is 375 g/mol. The zero-order chi connectivity index (χ0) is 21.2. The maximum Gasteiger partial charge on any atom is 0.233 e. The predicted molar refractivity (Wildman–Crippen MR) is 121 cm³/mol. The van der Waals surface area contributed by atoms with Crippen molar-refractivity contribution in [3.05, 3.63) is 41.7 Å². The number of aromatic nitrogens is 2. The minimum atomic E-state index is -0.130. The molecule has 1 aromatic carbocycles. The van der Waals surface area contributed by atoms with Crippen LogP contribution in [0.3, 0.4) is 0 Å². The van der Waals surface area contributed by atoms with Crippen LogP contribution in [-0.4, -0.2) is 16.8 Å². The first-order valence-electron chi connectivity index (χ1n) is 11.9. The number of hydrogen-bond acceptors (Lipinski definition) is 3. The summed E-state index contributed by atoms with van der Waals surface area (Å²) in [6.07, 6.45) is 13.4. The molecule has 1 aromatic heterocycles. The highest BCUT2D eigenvalue weighted by atomic mass is 19.1. The van der Waals surface area contributed by atoms with Crippen molar-refractivity contribution < 1.29 is 9.13 Å².